The summed E-state index contributed by atoms with van der Waals surface area (Å²) in [5.74, 6) is 0.563. The lowest BCUT2D eigenvalue weighted by molar-refractivity contribution is -0.120. The molecular weight excluding hydrogens is 400 g/mol. The quantitative estimate of drug-likeness (QED) is 0.627. The van der Waals surface area contributed by atoms with Crippen LogP contribution >= 0.6 is 11.6 Å². The second kappa shape index (κ2) is 8.52. The summed E-state index contributed by atoms with van der Waals surface area (Å²) in [4.78, 5) is 30.1. The van der Waals surface area contributed by atoms with Crippen molar-refractivity contribution < 1.29 is 14.3 Å². The van der Waals surface area contributed by atoms with Gasteiger partial charge in [0.25, 0.3) is 11.8 Å². The molecule has 0 N–H and O–H groups in total. The van der Waals surface area contributed by atoms with E-state index in [0.717, 1.165) is 37.2 Å². The van der Waals surface area contributed by atoms with Crippen molar-refractivity contribution in [3.63, 3.8) is 0 Å². The lowest BCUT2D eigenvalue weighted by Crippen LogP contribution is -2.34. The van der Waals surface area contributed by atoms with Gasteiger partial charge in [0, 0.05) is 18.1 Å². The van der Waals surface area contributed by atoms with Crippen LogP contribution in [0.25, 0.3) is 5.57 Å². The zero-order valence-corrected chi connectivity index (χ0v) is 18.0. The van der Waals surface area contributed by atoms with Crippen LogP contribution in [0, 0.1) is 5.92 Å². The number of hydrogen-bond donors (Lipinski definition) is 0. The third-order valence-corrected chi connectivity index (χ3v) is 5.51. The molecule has 30 heavy (non-hydrogen) atoms. The van der Waals surface area contributed by atoms with Gasteiger partial charge in [-0.25, -0.2) is 4.90 Å². The number of hydrogen-bond acceptors (Lipinski definition) is 4. The minimum atomic E-state index is -0.319. The smallest absolute Gasteiger partial charge is 0.282 e. The Morgan fingerprint density at radius 2 is 1.70 bits per heavy atom. The molecule has 0 saturated carbocycles. The average Bonchev–Trinajstić information content (AvgIpc) is 3.33. The second-order valence-electron chi connectivity index (χ2n) is 8.07. The van der Waals surface area contributed by atoms with Crippen molar-refractivity contribution in [2.24, 2.45) is 5.92 Å². The first-order chi connectivity index (χ1) is 14.5. The molecule has 0 atom stereocenters. The number of carbonyl (C=O) groups is 2. The SMILES string of the molecule is CC(C)COc1ccc(C2=C(N3CCCC3)C(=O)N(c3cccc(Cl)c3)C2=O)cc1. The van der Waals surface area contributed by atoms with E-state index in [9.17, 15) is 9.59 Å². The molecule has 0 bridgehead atoms. The molecule has 2 aromatic carbocycles. The molecule has 0 aromatic heterocycles. The van der Waals surface area contributed by atoms with Crippen molar-refractivity contribution in [3.8, 4) is 5.75 Å². The number of benzene rings is 2. The first-order valence-corrected chi connectivity index (χ1v) is 10.7. The minimum absolute atomic E-state index is 0.292. The Balaban J connectivity index is 1.72. The fourth-order valence-electron chi connectivity index (χ4n) is 3.84. The highest BCUT2D eigenvalue weighted by Crippen LogP contribution is 2.37. The number of rotatable bonds is 6. The Kier molecular flexibility index (Phi) is 5.82. The highest BCUT2D eigenvalue weighted by Gasteiger charge is 2.43. The standard InChI is InChI=1S/C24H25ClN2O3/c1-16(2)15-30-20-10-8-17(9-11-20)21-22(26-12-3-4-13-26)24(29)27(23(21)28)19-7-5-6-18(25)14-19/h5-11,14,16H,3-4,12-13,15H2,1-2H3. The molecule has 2 heterocycles. The van der Waals surface area contributed by atoms with E-state index in [4.69, 9.17) is 16.3 Å². The molecule has 1 fully saturated rings. The molecule has 2 amide bonds. The maximum absolute atomic E-state index is 13.4. The van der Waals surface area contributed by atoms with Gasteiger partial charge in [0.2, 0.25) is 0 Å². The lowest BCUT2D eigenvalue weighted by Gasteiger charge is -2.20. The summed E-state index contributed by atoms with van der Waals surface area (Å²) in [6, 6.07) is 14.3. The van der Waals surface area contributed by atoms with E-state index in [-0.39, 0.29) is 11.8 Å². The van der Waals surface area contributed by atoms with Gasteiger partial charge in [0.05, 0.1) is 17.9 Å². The molecule has 156 valence electrons. The Morgan fingerprint density at radius 1 is 1.00 bits per heavy atom. The summed E-state index contributed by atoms with van der Waals surface area (Å²) in [6.45, 7) is 6.36. The number of amides is 2. The van der Waals surface area contributed by atoms with Crippen molar-refractivity contribution in [1.82, 2.24) is 4.90 Å². The Morgan fingerprint density at radius 3 is 2.33 bits per heavy atom. The molecule has 0 radical (unpaired) electrons. The van der Waals surface area contributed by atoms with Crippen LogP contribution in [0.2, 0.25) is 5.02 Å². The fraction of sp³-hybridized carbons (Fsp3) is 0.333. The van der Waals surface area contributed by atoms with Gasteiger partial charge in [-0.05, 0) is 54.7 Å². The predicted molar refractivity (Wildman–Crippen MR) is 118 cm³/mol. The first-order valence-electron chi connectivity index (χ1n) is 10.3. The van der Waals surface area contributed by atoms with Gasteiger partial charge < -0.3 is 9.64 Å². The van der Waals surface area contributed by atoms with E-state index in [1.807, 2.05) is 29.2 Å². The summed E-state index contributed by atoms with van der Waals surface area (Å²) >= 11 is 6.12. The number of carbonyl (C=O) groups excluding carboxylic acids is 2. The highest BCUT2D eigenvalue weighted by molar-refractivity contribution is 6.45. The van der Waals surface area contributed by atoms with E-state index >= 15 is 0 Å². The molecule has 2 aromatic rings. The van der Waals surface area contributed by atoms with Crippen LogP contribution in [-0.4, -0.2) is 36.4 Å². The van der Waals surface area contributed by atoms with E-state index < -0.39 is 0 Å². The van der Waals surface area contributed by atoms with Gasteiger partial charge >= 0.3 is 0 Å². The topological polar surface area (TPSA) is 49.9 Å². The zero-order chi connectivity index (χ0) is 21.3. The third kappa shape index (κ3) is 3.94. The van der Waals surface area contributed by atoms with Gasteiger partial charge in [-0.15, -0.1) is 0 Å². The normalized spacial score (nSPS) is 16.9. The van der Waals surface area contributed by atoms with Crippen LogP contribution in [-0.2, 0) is 9.59 Å². The molecular formula is C24H25ClN2O3. The van der Waals surface area contributed by atoms with Crippen LogP contribution in [0.15, 0.2) is 54.2 Å². The van der Waals surface area contributed by atoms with E-state index in [2.05, 4.69) is 13.8 Å². The van der Waals surface area contributed by atoms with Gasteiger partial charge in [-0.1, -0.05) is 43.6 Å². The number of likely N-dealkylation sites (tertiary alicyclic amines) is 1. The Bertz CT molecular complexity index is 992. The molecule has 1 saturated heterocycles. The van der Waals surface area contributed by atoms with E-state index in [1.54, 1.807) is 24.3 Å². The van der Waals surface area contributed by atoms with Crippen molar-refractivity contribution in [2.75, 3.05) is 24.6 Å². The average molecular weight is 425 g/mol. The third-order valence-electron chi connectivity index (χ3n) is 5.27. The van der Waals surface area contributed by atoms with Crippen molar-refractivity contribution in [2.45, 2.75) is 26.7 Å². The fourth-order valence-corrected chi connectivity index (χ4v) is 4.03. The molecule has 6 heteroatoms. The molecule has 2 aliphatic heterocycles. The van der Waals surface area contributed by atoms with Gasteiger partial charge in [0.1, 0.15) is 11.4 Å². The van der Waals surface area contributed by atoms with Gasteiger partial charge in [-0.2, -0.15) is 0 Å². The largest absolute Gasteiger partial charge is 0.493 e. The molecule has 5 nitrogen and oxygen atoms in total. The van der Waals surface area contributed by atoms with Crippen LogP contribution in [0.4, 0.5) is 5.69 Å². The highest BCUT2D eigenvalue weighted by atomic mass is 35.5. The molecule has 0 spiro atoms. The maximum atomic E-state index is 13.4. The second-order valence-corrected chi connectivity index (χ2v) is 8.51. The van der Waals surface area contributed by atoms with Gasteiger partial charge in [-0.3, -0.25) is 9.59 Å². The van der Waals surface area contributed by atoms with Crippen LogP contribution in [0.1, 0.15) is 32.3 Å². The van der Waals surface area contributed by atoms with Gasteiger partial charge in [0.15, 0.2) is 0 Å². The van der Waals surface area contributed by atoms with Crippen LogP contribution in [0.5, 0.6) is 5.75 Å². The van der Waals surface area contributed by atoms with Crippen molar-refractivity contribution >= 4 is 34.7 Å². The molecule has 0 unspecified atom stereocenters. The summed E-state index contributed by atoms with van der Waals surface area (Å²) < 4.78 is 5.76. The van der Waals surface area contributed by atoms with E-state index in [0.29, 0.717) is 34.5 Å². The minimum Gasteiger partial charge on any atom is -0.493 e. The molecule has 0 aliphatic carbocycles. The lowest BCUT2D eigenvalue weighted by atomic mass is 10.0. The Hall–Kier alpha value is -2.79. The first kappa shape index (κ1) is 20.5. The molecule has 2 aliphatic rings. The predicted octanol–water partition coefficient (Wildman–Crippen LogP) is 4.76. The summed E-state index contributed by atoms with van der Waals surface area (Å²) in [5.41, 5.74) is 2.13. The van der Waals surface area contributed by atoms with Crippen molar-refractivity contribution in [3.05, 3.63) is 64.8 Å². The van der Waals surface area contributed by atoms with Crippen molar-refractivity contribution in [1.29, 1.82) is 0 Å². The summed E-state index contributed by atoms with van der Waals surface area (Å²) in [5, 5.41) is 0.482. The number of halogens is 1. The number of ether oxygens (including phenoxy) is 1. The number of nitrogens with zero attached hydrogens (tertiary/aromatic N) is 2. The van der Waals surface area contributed by atoms with E-state index in [1.165, 1.54) is 4.90 Å². The number of anilines is 1. The zero-order valence-electron chi connectivity index (χ0n) is 17.2. The Labute approximate surface area is 181 Å². The monoisotopic (exact) mass is 424 g/mol. The summed E-state index contributed by atoms with van der Waals surface area (Å²) in [6.07, 6.45) is 2.02. The van der Waals surface area contributed by atoms with Crippen LogP contribution < -0.4 is 9.64 Å². The maximum Gasteiger partial charge on any atom is 0.282 e. The van der Waals surface area contributed by atoms with Crippen LogP contribution in [0.3, 0.4) is 0 Å². The number of imide groups is 1. The summed E-state index contributed by atoms with van der Waals surface area (Å²) in [7, 11) is 0. The molecule has 4 rings (SSSR count).